The number of para-hydroxylation sites is 2. The molecule has 1 spiro atoms. The van der Waals surface area contributed by atoms with Gasteiger partial charge in [-0.05, 0) is 144 Å². The number of thiophene rings is 2. The maximum atomic E-state index is 7.02. The molecule has 2 aliphatic rings. The zero-order valence-electron chi connectivity index (χ0n) is 35.0. The van der Waals surface area contributed by atoms with Crippen LogP contribution in [0.3, 0.4) is 0 Å². The van der Waals surface area contributed by atoms with Gasteiger partial charge in [-0.15, -0.1) is 22.7 Å². The van der Waals surface area contributed by atoms with Crippen molar-refractivity contribution in [2.75, 3.05) is 9.80 Å². The van der Waals surface area contributed by atoms with E-state index in [0.717, 1.165) is 61.5 Å². The number of hydrogen-bond acceptors (Lipinski definition) is 5. The molecule has 300 valence electrons. The fraction of sp³-hybridized carbons (Fsp3) is 0.0690. The first kappa shape index (κ1) is 36.5. The van der Waals surface area contributed by atoms with Crippen LogP contribution in [0.15, 0.2) is 192 Å². The molecule has 3 aromatic heterocycles. The van der Waals surface area contributed by atoms with Gasteiger partial charge < -0.3 is 14.2 Å². The van der Waals surface area contributed by atoms with Crippen LogP contribution in [0.4, 0.5) is 34.1 Å². The molecule has 63 heavy (non-hydrogen) atoms. The number of hydrogen-bond donors (Lipinski definition) is 0. The number of aryl methyl sites for hydroxylation is 3. The smallest absolute Gasteiger partial charge is 0.159 e. The van der Waals surface area contributed by atoms with E-state index in [4.69, 9.17) is 4.42 Å². The molecule has 0 saturated heterocycles. The van der Waals surface area contributed by atoms with E-state index in [1.807, 2.05) is 22.7 Å². The van der Waals surface area contributed by atoms with Crippen LogP contribution < -0.4 is 9.80 Å². The van der Waals surface area contributed by atoms with Crippen LogP contribution in [0.5, 0.6) is 0 Å². The van der Waals surface area contributed by atoms with Gasteiger partial charge in [0.1, 0.15) is 5.58 Å². The summed E-state index contributed by atoms with van der Waals surface area (Å²) in [7, 11) is 0. The van der Waals surface area contributed by atoms with Crippen LogP contribution in [0.25, 0.3) is 53.6 Å². The summed E-state index contributed by atoms with van der Waals surface area (Å²) in [4.78, 5) is 10.3. The first-order valence-corrected chi connectivity index (χ1v) is 23.2. The Balaban J connectivity index is 0.988. The summed E-state index contributed by atoms with van der Waals surface area (Å²) in [6.45, 7) is 6.65. The van der Waals surface area contributed by atoms with Gasteiger partial charge in [0, 0.05) is 53.0 Å². The summed E-state index contributed by atoms with van der Waals surface area (Å²) in [5, 5.41) is 4.71. The minimum Gasteiger partial charge on any atom is -0.454 e. The van der Waals surface area contributed by atoms with Gasteiger partial charge in [0.05, 0.1) is 16.8 Å². The molecule has 3 nitrogen and oxygen atoms in total. The van der Waals surface area contributed by atoms with Gasteiger partial charge in [-0.1, -0.05) is 115 Å². The summed E-state index contributed by atoms with van der Waals surface area (Å²) in [5.41, 5.74) is 16.9. The fourth-order valence-electron chi connectivity index (χ4n) is 10.6. The molecule has 1 aliphatic heterocycles. The third kappa shape index (κ3) is 5.30. The van der Waals surface area contributed by atoms with Crippen molar-refractivity contribution in [1.29, 1.82) is 0 Å². The zero-order chi connectivity index (χ0) is 42.0. The summed E-state index contributed by atoms with van der Waals surface area (Å²) >= 11 is 3.85. The molecule has 0 atom stereocenters. The predicted octanol–water partition coefficient (Wildman–Crippen LogP) is 17.1. The van der Waals surface area contributed by atoms with Gasteiger partial charge in [-0.2, -0.15) is 0 Å². The minimum atomic E-state index is -0.489. The SMILES string of the molecule is Cc1ccc(N(c2ccc(-c3cccc(N4c5ccccc5C5(c6cc(C)sc6-c6sc(C)cc65)c5ccc6c(oc7ccccc76)c54)c3)cc2)c2ccc3ccccc3c2)cc1. The van der Waals surface area contributed by atoms with Crippen molar-refractivity contribution < 1.29 is 4.42 Å². The van der Waals surface area contributed by atoms with Crippen molar-refractivity contribution >= 4 is 89.5 Å². The molecule has 13 rings (SSSR count). The van der Waals surface area contributed by atoms with Crippen LogP contribution in [0, 0.1) is 20.8 Å². The molecule has 0 fully saturated rings. The second kappa shape index (κ2) is 13.7. The first-order chi connectivity index (χ1) is 30.9. The highest BCUT2D eigenvalue weighted by Gasteiger charge is 2.54. The lowest BCUT2D eigenvalue weighted by molar-refractivity contribution is 0.664. The van der Waals surface area contributed by atoms with Crippen molar-refractivity contribution in [2.24, 2.45) is 0 Å². The molecule has 0 N–H and O–H groups in total. The van der Waals surface area contributed by atoms with E-state index in [-0.39, 0.29) is 0 Å². The van der Waals surface area contributed by atoms with Crippen molar-refractivity contribution in [3.63, 3.8) is 0 Å². The molecule has 0 unspecified atom stereocenters. The molecule has 0 amide bonds. The van der Waals surface area contributed by atoms with Crippen LogP contribution in [-0.4, -0.2) is 0 Å². The molecule has 0 radical (unpaired) electrons. The highest BCUT2D eigenvalue weighted by molar-refractivity contribution is 7.22. The van der Waals surface area contributed by atoms with Gasteiger partial charge >= 0.3 is 0 Å². The Bertz CT molecular complexity index is 3580. The average Bonchev–Trinajstić information content (AvgIpc) is 4.07. The van der Waals surface area contributed by atoms with Crippen molar-refractivity contribution in [3.05, 3.63) is 226 Å². The van der Waals surface area contributed by atoms with E-state index >= 15 is 0 Å². The Labute approximate surface area is 374 Å². The maximum Gasteiger partial charge on any atom is 0.159 e. The third-order valence-corrected chi connectivity index (χ3v) is 15.5. The first-order valence-electron chi connectivity index (χ1n) is 21.6. The fourth-order valence-corrected chi connectivity index (χ4v) is 12.8. The van der Waals surface area contributed by atoms with Crippen LogP contribution in [0.2, 0.25) is 0 Å². The molecule has 1 aliphatic carbocycles. The number of rotatable bonds is 5. The largest absolute Gasteiger partial charge is 0.454 e. The molecule has 4 heterocycles. The number of furan rings is 1. The second-order valence-electron chi connectivity index (χ2n) is 17.0. The van der Waals surface area contributed by atoms with E-state index in [0.29, 0.717) is 0 Å². The number of fused-ring (bicyclic) bond motifs is 14. The van der Waals surface area contributed by atoms with Crippen molar-refractivity contribution in [3.8, 4) is 20.9 Å². The van der Waals surface area contributed by atoms with E-state index in [2.05, 4.69) is 219 Å². The molecule has 8 aromatic carbocycles. The Morgan fingerprint density at radius 2 is 1.14 bits per heavy atom. The van der Waals surface area contributed by atoms with Crippen LogP contribution in [0.1, 0.15) is 37.6 Å². The molecule has 0 bridgehead atoms. The van der Waals surface area contributed by atoms with E-state index in [1.165, 1.54) is 63.8 Å². The van der Waals surface area contributed by atoms with E-state index < -0.39 is 5.41 Å². The summed E-state index contributed by atoms with van der Waals surface area (Å²) < 4.78 is 7.02. The van der Waals surface area contributed by atoms with Crippen molar-refractivity contribution in [1.82, 2.24) is 0 Å². The maximum absolute atomic E-state index is 7.02. The minimum absolute atomic E-state index is 0.489. The van der Waals surface area contributed by atoms with Crippen LogP contribution in [-0.2, 0) is 5.41 Å². The van der Waals surface area contributed by atoms with E-state index in [9.17, 15) is 0 Å². The van der Waals surface area contributed by atoms with Gasteiger partial charge in [-0.25, -0.2) is 0 Å². The van der Waals surface area contributed by atoms with Gasteiger partial charge in [0.2, 0.25) is 0 Å². The van der Waals surface area contributed by atoms with Gasteiger partial charge in [-0.3, -0.25) is 0 Å². The van der Waals surface area contributed by atoms with Crippen molar-refractivity contribution in [2.45, 2.75) is 26.2 Å². The second-order valence-corrected chi connectivity index (χ2v) is 19.6. The summed E-state index contributed by atoms with van der Waals surface area (Å²) in [5.74, 6) is 0. The average molecular weight is 845 g/mol. The molecular weight excluding hydrogens is 805 g/mol. The molecule has 5 heteroatoms. The normalized spacial score (nSPS) is 13.4. The molecular formula is C58H40N2OS2. The lowest BCUT2D eigenvalue weighted by atomic mass is 9.65. The number of benzene rings is 8. The summed E-state index contributed by atoms with van der Waals surface area (Å²) in [6, 6.07) is 69.3. The Morgan fingerprint density at radius 3 is 1.92 bits per heavy atom. The lowest BCUT2D eigenvalue weighted by Gasteiger charge is -2.44. The third-order valence-electron chi connectivity index (χ3n) is 13.3. The summed E-state index contributed by atoms with van der Waals surface area (Å²) in [6.07, 6.45) is 0. The topological polar surface area (TPSA) is 19.6 Å². The monoisotopic (exact) mass is 844 g/mol. The lowest BCUT2D eigenvalue weighted by Crippen LogP contribution is -2.36. The number of nitrogens with zero attached hydrogens (tertiary/aromatic N) is 2. The zero-order valence-corrected chi connectivity index (χ0v) is 36.7. The van der Waals surface area contributed by atoms with E-state index in [1.54, 1.807) is 0 Å². The highest BCUT2D eigenvalue weighted by Crippen LogP contribution is 2.67. The quantitative estimate of drug-likeness (QED) is 0.172. The van der Waals surface area contributed by atoms with Gasteiger partial charge in [0.25, 0.3) is 0 Å². The molecule has 11 aromatic rings. The van der Waals surface area contributed by atoms with Gasteiger partial charge in [0.15, 0.2) is 5.58 Å². The standard InChI is InChI=1S/C58H40N2OS2/c1-35-19-24-42(25-20-35)59(45-28-23-38-11-4-5-12-40(38)34-45)43-26-21-39(22-27-43)41-13-10-14-44(33-41)60-52-17-8-7-16-48(52)58(50-31-36(2)62-56(50)57-51(58)32-37(3)63-57)49-30-29-47-46-15-6-9-18-53(46)61-55(47)54(49)60/h4-34H,1-3H3. The Hall–Kier alpha value is -7.18. The number of anilines is 6. The predicted molar refractivity (Wildman–Crippen MR) is 267 cm³/mol. The Morgan fingerprint density at radius 1 is 0.476 bits per heavy atom. The Kier molecular flexibility index (Phi) is 7.91. The van der Waals surface area contributed by atoms with Crippen LogP contribution >= 0.6 is 22.7 Å². The highest BCUT2D eigenvalue weighted by atomic mass is 32.1. The molecule has 0 saturated carbocycles.